The first-order valence-corrected chi connectivity index (χ1v) is 12.6. The van der Waals surface area contributed by atoms with Crippen molar-refractivity contribution in [1.82, 2.24) is 29.7 Å². The van der Waals surface area contributed by atoms with Crippen molar-refractivity contribution in [3.8, 4) is 11.8 Å². The molecule has 2 aromatic heterocycles. The molecule has 2 aliphatic rings. The summed E-state index contributed by atoms with van der Waals surface area (Å²) in [5.74, 6) is 6.44. The fourth-order valence-electron chi connectivity index (χ4n) is 4.65. The number of ether oxygens (including phenoxy) is 1. The Kier molecular flexibility index (Phi) is 7.68. The van der Waals surface area contributed by atoms with Crippen LogP contribution in [0.1, 0.15) is 59.0 Å². The van der Waals surface area contributed by atoms with Gasteiger partial charge in [0, 0.05) is 31.5 Å². The third-order valence-corrected chi connectivity index (χ3v) is 6.70. The van der Waals surface area contributed by atoms with Crippen molar-refractivity contribution < 1.29 is 24.5 Å². The normalized spacial score (nSPS) is 24.6. The largest absolute Gasteiger partial charge is 0.387 e. The van der Waals surface area contributed by atoms with Gasteiger partial charge in [-0.05, 0) is 31.6 Å². The van der Waals surface area contributed by atoms with Gasteiger partial charge in [-0.25, -0.2) is 15.0 Å². The summed E-state index contributed by atoms with van der Waals surface area (Å²) in [6.07, 6.45) is -1.34. The molecule has 12 heteroatoms. The van der Waals surface area contributed by atoms with Crippen LogP contribution in [-0.2, 0) is 14.3 Å². The molecule has 37 heavy (non-hydrogen) atoms. The highest BCUT2D eigenvalue weighted by Crippen LogP contribution is 2.32. The van der Waals surface area contributed by atoms with E-state index in [1.807, 2.05) is 25.7 Å². The van der Waals surface area contributed by atoms with Crippen LogP contribution in [0.25, 0.3) is 11.2 Å². The first-order valence-electron chi connectivity index (χ1n) is 12.6. The van der Waals surface area contributed by atoms with E-state index in [9.17, 15) is 19.8 Å². The number of likely N-dealkylation sites (N-methyl/N-ethyl adjacent to an activating group) is 1. The lowest BCUT2D eigenvalue weighted by molar-refractivity contribution is -0.141. The van der Waals surface area contributed by atoms with Crippen molar-refractivity contribution in [3.05, 3.63) is 12.2 Å². The Morgan fingerprint density at radius 2 is 1.92 bits per heavy atom. The van der Waals surface area contributed by atoms with E-state index in [1.165, 1.54) is 10.9 Å². The van der Waals surface area contributed by atoms with Crippen LogP contribution >= 0.6 is 0 Å². The molecule has 5 N–H and O–H groups in total. The summed E-state index contributed by atoms with van der Waals surface area (Å²) in [4.78, 5) is 39.5. The van der Waals surface area contributed by atoms with E-state index in [-0.39, 0.29) is 28.6 Å². The molecule has 0 radical (unpaired) electrons. The van der Waals surface area contributed by atoms with E-state index in [2.05, 4.69) is 32.1 Å². The number of aliphatic hydroxyl groups excluding tert-OH is 2. The van der Waals surface area contributed by atoms with Gasteiger partial charge in [0.1, 0.15) is 17.7 Å². The number of nitrogen functional groups attached to an aromatic ring is 1. The van der Waals surface area contributed by atoms with Gasteiger partial charge in [0.15, 0.2) is 23.8 Å². The summed E-state index contributed by atoms with van der Waals surface area (Å²) in [5, 5.41) is 23.5. The molecule has 2 aliphatic heterocycles. The molecule has 2 saturated heterocycles. The highest BCUT2D eigenvalue weighted by molar-refractivity contribution is 5.83. The molecule has 200 valence electrons. The number of hydrogen-bond acceptors (Lipinski definition) is 9. The van der Waals surface area contributed by atoms with Gasteiger partial charge in [-0.2, -0.15) is 0 Å². The number of imidazole rings is 1. The van der Waals surface area contributed by atoms with Gasteiger partial charge in [0.2, 0.25) is 11.7 Å². The van der Waals surface area contributed by atoms with E-state index < -0.39 is 30.4 Å². The first-order chi connectivity index (χ1) is 17.5. The molecule has 0 bridgehead atoms. The van der Waals surface area contributed by atoms with Crippen LogP contribution in [0.4, 0.5) is 5.82 Å². The molecule has 4 unspecified atom stereocenters. The number of amides is 2. The molecule has 0 aliphatic carbocycles. The van der Waals surface area contributed by atoms with Crippen molar-refractivity contribution in [2.24, 2.45) is 11.3 Å². The minimum Gasteiger partial charge on any atom is -0.387 e. The number of likely N-dealkylation sites (tertiary alicyclic amines) is 1. The molecular weight excluding hydrogens is 478 g/mol. The molecule has 0 spiro atoms. The number of nitrogens with one attached hydrogen (secondary N) is 1. The zero-order valence-corrected chi connectivity index (χ0v) is 21.6. The Morgan fingerprint density at radius 3 is 2.57 bits per heavy atom. The summed E-state index contributed by atoms with van der Waals surface area (Å²) in [7, 11) is 0. The lowest BCUT2D eigenvalue weighted by Gasteiger charge is -2.35. The maximum atomic E-state index is 12.5. The summed E-state index contributed by atoms with van der Waals surface area (Å²) < 4.78 is 7.11. The molecule has 4 heterocycles. The number of aromatic nitrogens is 4. The second kappa shape index (κ2) is 10.6. The zero-order valence-electron chi connectivity index (χ0n) is 21.6. The lowest BCUT2D eigenvalue weighted by atomic mass is 9.90. The van der Waals surface area contributed by atoms with E-state index in [1.54, 1.807) is 6.92 Å². The fourth-order valence-corrected chi connectivity index (χ4v) is 4.65. The van der Waals surface area contributed by atoms with Gasteiger partial charge in [0.05, 0.1) is 6.33 Å². The monoisotopic (exact) mass is 513 g/mol. The second-order valence-corrected chi connectivity index (χ2v) is 10.6. The summed E-state index contributed by atoms with van der Waals surface area (Å²) in [5.41, 5.74) is 6.29. The van der Waals surface area contributed by atoms with Crippen LogP contribution in [0.5, 0.6) is 0 Å². The summed E-state index contributed by atoms with van der Waals surface area (Å²) in [6.45, 7) is 9.36. The minimum atomic E-state index is -1.42. The molecule has 4 atom stereocenters. The number of aliphatic hydroxyl groups is 2. The Bertz CT molecular complexity index is 1220. The van der Waals surface area contributed by atoms with E-state index in [0.717, 1.165) is 25.9 Å². The lowest BCUT2D eigenvalue weighted by Crippen LogP contribution is -2.44. The number of nitrogens with two attached hydrogens (primary N) is 1. The number of hydrogen-bond donors (Lipinski definition) is 4. The molecule has 12 nitrogen and oxygen atoms in total. The summed E-state index contributed by atoms with van der Waals surface area (Å²) >= 11 is 0. The molecule has 0 saturated carbocycles. The maximum Gasteiger partial charge on any atom is 0.252 e. The van der Waals surface area contributed by atoms with Crippen LogP contribution in [0.15, 0.2) is 6.33 Å². The Morgan fingerprint density at radius 1 is 1.22 bits per heavy atom. The topological polar surface area (TPSA) is 169 Å². The molecule has 0 aromatic carbocycles. The van der Waals surface area contributed by atoms with E-state index in [4.69, 9.17) is 10.5 Å². The van der Waals surface area contributed by atoms with Gasteiger partial charge in [-0.15, -0.1) is 0 Å². The smallest absolute Gasteiger partial charge is 0.252 e. The standard InChI is InChI=1S/C25H35N7O5/c1-5-27-22(35)19-17(33)18(34)23(37-19)32-13-28-16-20(26)29-15(30-21(16)32)8-6-7-14-9-11-31(12-10-14)24(36)25(2,3)4/h13-14,17-19,23,33-34H,5,7,9-12H2,1-4H3,(H,27,35)(H2,26,29,30). The maximum absolute atomic E-state index is 12.5. The van der Waals surface area contributed by atoms with Crippen LogP contribution in [-0.4, -0.2) is 84.4 Å². The number of anilines is 1. The number of carbonyl (C=O) groups excluding carboxylic acids is 2. The first kappa shape index (κ1) is 26.8. The van der Waals surface area contributed by atoms with Crippen molar-refractivity contribution in [3.63, 3.8) is 0 Å². The SMILES string of the molecule is CCNC(=O)C1OC(n2cnc3c(N)nc(C#CCC4CCN(C(=O)C(C)(C)C)CC4)nc32)C(O)C1O. The van der Waals surface area contributed by atoms with Gasteiger partial charge >= 0.3 is 0 Å². The van der Waals surface area contributed by atoms with Gasteiger partial charge < -0.3 is 30.9 Å². The summed E-state index contributed by atoms with van der Waals surface area (Å²) in [6, 6.07) is 0. The van der Waals surface area contributed by atoms with Crippen molar-refractivity contribution in [1.29, 1.82) is 0 Å². The van der Waals surface area contributed by atoms with Crippen molar-refractivity contribution >= 4 is 28.8 Å². The van der Waals surface area contributed by atoms with Crippen LogP contribution in [0, 0.1) is 23.2 Å². The van der Waals surface area contributed by atoms with Crippen molar-refractivity contribution in [2.45, 2.75) is 71.5 Å². The zero-order chi connectivity index (χ0) is 26.9. The van der Waals surface area contributed by atoms with Gasteiger partial charge in [-0.1, -0.05) is 26.7 Å². The van der Waals surface area contributed by atoms with Crippen LogP contribution in [0.2, 0.25) is 0 Å². The third-order valence-electron chi connectivity index (χ3n) is 6.70. The number of fused-ring (bicyclic) bond motifs is 1. The van der Waals surface area contributed by atoms with E-state index >= 15 is 0 Å². The Labute approximate surface area is 215 Å². The van der Waals surface area contributed by atoms with Crippen LogP contribution < -0.4 is 11.1 Å². The predicted molar refractivity (Wildman–Crippen MR) is 135 cm³/mol. The fraction of sp³-hybridized carbons (Fsp3) is 0.640. The van der Waals surface area contributed by atoms with Crippen molar-refractivity contribution in [2.75, 3.05) is 25.4 Å². The highest BCUT2D eigenvalue weighted by Gasteiger charge is 2.47. The number of rotatable bonds is 4. The molecule has 2 aromatic rings. The molecule has 4 rings (SSSR count). The third kappa shape index (κ3) is 5.53. The second-order valence-electron chi connectivity index (χ2n) is 10.6. The Balaban J connectivity index is 1.46. The Hall–Kier alpha value is -3.27. The average molecular weight is 514 g/mol. The van der Waals surface area contributed by atoms with Crippen LogP contribution in [0.3, 0.4) is 0 Å². The van der Waals surface area contributed by atoms with Gasteiger partial charge in [-0.3, -0.25) is 14.2 Å². The number of carbonyl (C=O) groups is 2. The predicted octanol–water partition coefficient (Wildman–Crippen LogP) is 0.190. The number of piperidine rings is 1. The van der Waals surface area contributed by atoms with Gasteiger partial charge in [0.25, 0.3) is 5.91 Å². The number of nitrogens with zero attached hydrogens (tertiary/aromatic N) is 5. The highest BCUT2D eigenvalue weighted by atomic mass is 16.6. The average Bonchev–Trinajstić information content (AvgIpc) is 3.40. The minimum absolute atomic E-state index is 0.121. The molecular formula is C25H35N7O5. The van der Waals surface area contributed by atoms with E-state index in [0.29, 0.717) is 24.4 Å². The quantitative estimate of drug-likeness (QED) is 0.417. The molecule has 2 fully saturated rings. The molecule has 2 amide bonds.